The molecule has 9 heteroatoms. The number of amides is 2. The van der Waals surface area contributed by atoms with Crippen LogP contribution in [0.15, 0.2) is 35.1 Å². The second-order valence-electron chi connectivity index (χ2n) is 10.3. The fourth-order valence-corrected chi connectivity index (χ4v) is 5.33. The van der Waals surface area contributed by atoms with Crippen LogP contribution < -0.4 is 16.3 Å². The molecule has 9 nitrogen and oxygen atoms in total. The van der Waals surface area contributed by atoms with E-state index in [1.807, 2.05) is 44.2 Å². The van der Waals surface area contributed by atoms with Crippen LogP contribution in [0, 0.1) is 5.92 Å². The van der Waals surface area contributed by atoms with Crippen molar-refractivity contribution in [2.24, 2.45) is 5.92 Å². The fourth-order valence-electron chi connectivity index (χ4n) is 5.33. The van der Waals surface area contributed by atoms with Gasteiger partial charge in [-0.15, -0.1) is 0 Å². The number of benzene rings is 1. The highest BCUT2D eigenvalue weighted by molar-refractivity contribution is 5.99. The lowest BCUT2D eigenvalue weighted by molar-refractivity contribution is -0.121. The molecule has 2 heterocycles. The van der Waals surface area contributed by atoms with Gasteiger partial charge < -0.3 is 20.6 Å². The molecular formula is C27H39N5O4. The van der Waals surface area contributed by atoms with Gasteiger partial charge in [-0.1, -0.05) is 57.0 Å². The molecule has 0 spiro atoms. The Hall–Kier alpha value is -2.91. The van der Waals surface area contributed by atoms with Gasteiger partial charge in [0.25, 0.3) is 5.91 Å². The minimum Gasteiger partial charge on any atom is -0.391 e. The highest BCUT2D eigenvalue weighted by Gasteiger charge is 2.35. The summed E-state index contributed by atoms with van der Waals surface area (Å²) in [5.41, 5.74) is 1.36. The van der Waals surface area contributed by atoms with Crippen LogP contribution in [0.4, 0.5) is 0 Å². The van der Waals surface area contributed by atoms with Crippen molar-refractivity contribution in [3.8, 4) is 11.3 Å². The van der Waals surface area contributed by atoms with Crippen molar-refractivity contribution in [2.45, 2.75) is 64.6 Å². The topological polar surface area (TPSA) is 109 Å². The van der Waals surface area contributed by atoms with Crippen LogP contribution in [0.1, 0.15) is 62.5 Å². The van der Waals surface area contributed by atoms with Crippen LogP contribution in [0.25, 0.3) is 11.3 Å². The van der Waals surface area contributed by atoms with E-state index in [0.717, 1.165) is 18.4 Å². The number of aliphatic hydroxyl groups excluding tert-OH is 1. The molecule has 1 aromatic heterocycles. The van der Waals surface area contributed by atoms with Gasteiger partial charge in [-0.2, -0.15) is 0 Å². The molecule has 1 unspecified atom stereocenters. The van der Waals surface area contributed by atoms with Gasteiger partial charge in [-0.3, -0.25) is 18.7 Å². The Labute approximate surface area is 212 Å². The van der Waals surface area contributed by atoms with Gasteiger partial charge in [0.15, 0.2) is 0 Å². The lowest BCUT2D eigenvalue weighted by atomic mass is 9.92. The number of aliphatic hydroxyl groups is 1. The number of piperazine rings is 1. The number of imidazole rings is 1. The van der Waals surface area contributed by atoms with E-state index in [0.29, 0.717) is 56.8 Å². The zero-order chi connectivity index (χ0) is 25.7. The molecule has 2 amide bonds. The number of hydrogen-bond donors (Lipinski definition) is 3. The molecule has 2 aliphatic rings. The summed E-state index contributed by atoms with van der Waals surface area (Å²) in [6.07, 6.45) is 2.90. The Morgan fingerprint density at radius 2 is 1.81 bits per heavy atom. The minimum absolute atomic E-state index is 0.0709. The van der Waals surface area contributed by atoms with Crippen molar-refractivity contribution in [2.75, 3.05) is 32.7 Å². The second kappa shape index (κ2) is 11.9. The van der Waals surface area contributed by atoms with Crippen molar-refractivity contribution in [1.29, 1.82) is 0 Å². The van der Waals surface area contributed by atoms with E-state index in [4.69, 9.17) is 0 Å². The zero-order valence-electron chi connectivity index (χ0n) is 21.4. The van der Waals surface area contributed by atoms with Crippen molar-refractivity contribution in [1.82, 2.24) is 24.7 Å². The van der Waals surface area contributed by atoms with E-state index in [1.54, 1.807) is 9.47 Å². The molecule has 2 fully saturated rings. The minimum atomic E-state index is -0.650. The van der Waals surface area contributed by atoms with Gasteiger partial charge in [0, 0.05) is 51.3 Å². The van der Waals surface area contributed by atoms with Gasteiger partial charge in [-0.05, 0) is 18.8 Å². The first-order chi connectivity index (χ1) is 17.4. The predicted molar refractivity (Wildman–Crippen MR) is 139 cm³/mol. The Bertz CT molecular complexity index is 1100. The van der Waals surface area contributed by atoms with Gasteiger partial charge in [0.2, 0.25) is 5.91 Å². The van der Waals surface area contributed by atoms with Gasteiger partial charge >= 0.3 is 5.69 Å². The summed E-state index contributed by atoms with van der Waals surface area (Å²) in [5.74, 6) is -0.0282. The molecule has 1 saturated heterocycles. The van der Waals surface area contributed by atoms with Crippen LogP contribution in [0.3, 0.4) is 0 Å². The van der Waals surface area contributed by atoms with Gasteiger partial charge in [0.05, 0.1) is 17.8 Å². The molecular weight excluding hydrogens is 458 g/mol. The van der Waals surface area contributed by atoms with E-state index < -0.39 is 12.1 Å². The SMILES string of the molecule is CC(C)CC(=O)NCCn1c(C(=O)N2CCNCC2)c(-c2ccccc2)n(C2CCCC[C@H]2O)c1=O. The Morgan fingerprint density at radius 1 is 1.11 bits per heavy atom. The molecule has 2 aromatic rings. The number of aromatic nitrogens is 2. The van der Waals surface area contributed by atoms with E-state index >= 15 is 0 Å². The number of carbonyl (C=O) groups is 2. The summed E-state index contributed by atoms with van der Waals surface area (Å²) in [6.45, 7) is 6.91. The van der Waals surface area contributed by atoms with Gasteiger partial charge in [-0.25, -0.2) is 4.79 Å². The molecule has 0 radical (unpaired) electrons. The number of nitrogens with zero attached hydrogens (tertiary/aromatic N) is 3. The lowest BCUT2D eigenvalue weighted by Crippen LogP contribution is -2.47. The largest absolute Gasteiger partial charge is 0.391 e. The van der Waals surface area contributed by atoms with E-state index in [-0.39, 0.29) is 36.5 Å². The number of carbonyl (C=O) groups excluding carboxylic acids is 2. The Kier molecular flexibility index (Phi) is 8.64. The fraction of sp³-hybridized carbons (Fsp3) is 0.593. The van der Waals surface area contributed by atoms with Crippen LogP contribution >= 0.6 is 0 Å². The first kappa shape index (κ1) is 26.2. The summed E-state index contributed by atoms with van der Waals surface area (Å²) in [6, 6.07) is 9.11. The van der Waals surface area contributed by atoms with Crippen molar-refractivity contribution < 1.29 is 14.7 Å². The Morgan fingerprint density at radius 3 is 2.47 bits per heavy atom. The van der Waals surface area contributed by atoms with Crippen molar-refractivity contribution in [3.63, 3.8) is 0 Å². The monoisotopic (exact) mass is 497 g/mol. The maximum atomic E-state index is 14.0. The van der Waals surface area contributed by atoms with Crippen molar-refractivity contribution >= 4 is 11.8 Å². The van der Waals surface area contributed by atoms with Gasteiger partial charge in [0.1, 0.15) is 5.69 Å². The van der Waals surface area contributed by atoms with E-state index in [9.17, 15) is 19.5 Å². The molecule has 4 rings (SSSR count). The summed E-state index contributed by atoms with van der Waals surface area (Å²) >= 11 is 0. The molecule has 3 N–H and O–H groups in total. The zero-order valence-corrected chi connectivity index (χ0v) is 21.4. The normalized spacial score (nSPS) is 20.5. The third-order valence-corrected chi connectivity index (χ3v) is 7.10. The summed E-state index contributed by atoms with van der Waals surface area (Å²) in [5, 5.41) is 17.1. The molecule has 0 bridgehead atoms. The smallest absolute Gasteiger partial charge is 0.329 e. The molecule has 1 aromatic carbocycles. The molecule has 2 atom stereocenters. The third-order valence-electron chi connectivity index (χ3n) is 7.10. The first-order valence-corrected chi connectivity index (χ1v) is 13.2. The van der Waals surface area contributed by atoms with Crippen LogP contribution in [-0.4, -0.2) is 69.8 Å². The molecule has 1 aliphatic heterocycles. The number of nitrogens with one attached hydrogen (secondary N) is 2. The highest BCUT2D eigenvalue weighted by atomic mass is 16.3. The quantitative estimate of drug-likeness (QED) is 0.517. The summed E-state index contributed by atoms with van der Waals surface area (Å²) < 4.78 is 3.17. The molecule has 196 valence electrons. The first-order valence-electron chi connectivity index (χ1n) is 13.2. The average Bonchev–Trinajstić information content (AvgIpc) is 3.16. The van der Waals surface area contributed by atoms with E-state index in [1.165, 1.54) is 4.57 Å². The summed E-state index contributed by atoms with van der Waals surface area (Å²) in [7, 11) is 0. The van der Waals surface area contributed by atoms with Crippen LogP contribution in [-0.2, 0) is 11.3 Å². The lowest BCUT2D eigenvalue weighted by Gasteiger charge is -2.30. The highest BCUT2D eigenvalue weighted by Crippen LogP contribution is 2.34. The van der Waals surface area contributed by atoms with Crippen molar-refractivity contribution in [3.05, 3.63) is 46.5 Å². The summed E-state index contributed by atoms with van der Waals surface area (Å²) in [4.78, 5) is 42.0. The molecule has 1 aliphatic carbocycles. The number of rotatable bonds is 8. The molecule has 36 heavy (non-hydrogen) atoms. The predicted octanol–water partition coefficient (Wildman–Crippen LogP) is 2.00. The Balaban J connectivity index is 1.81. The van der Waals surface area contributed by atoms with Crippen LogP contribution in [0.5, 0.6) is 0 Å². The standard InChI is InChI=1S/C27H39N5O4/c1-19(2)18-23(34)29-14-17-31-25(26(35)30-15-12-28-13-16-30)24(20-8-4-3-5-9-20)32(27(31)36)21-10-6-7-11-22(21)33/h3-5,8-9,19,21-22,28,33H,6-7,10-18H2,1-2H3,(H,29,34)/t21?,22-/m1/s1. The third kappa shape index (κ3) is 5.73. The average molecular weight is 498 g/mol. The number of hydrogen-bond acceptors (Lipinski definition) is 5. The maximum Gasteiger partial charge on any atom is 0.329 e. The van der Waals surface area contributed by atoms with E-state index in [2.05, 4.69) is 10.6 Å². The second-order valence-corrected chi connectivity index (χ2v) is 10.3. The maximum absolute atomic E-state index is 14.0. The van der Waals surface area contributed by atoms with Crippen LogP contribution in [0.2, 0.25) is 0 Å². The molecule has 1 saturated carbocycles.